The van der Waals surface area contributed by atoms with Crippen LogP contribution in [0.5, 0.6) is 0 Å². The van der Waals surface area contributed by atoms with Crippen molar-refractivity contribution in [2.45, 2.75) is 78.6 Å². The van der Waals surface area contributed by atoms with E-state index in [1.807, 2.05) is 0 Å². The molecule has 0 bridgehead atoms. The number of hydrogen-bond donors (Lipinski definition) is 0. The van der Waals surface area contributed by atoms with Crippen LogP contribution in [0.1, 0.15) is 78.6 Å². The van der Waals surface area contributed by atoms with Gasteiger partial charge in [0.15, 0.2) is 0 Å². The second-order valence-corrected chi connectivity index (χ2v) is 11.9. The molecule has 3 nitrogen and oxygen atoms in total. The van der Waals surface area contributed by atoms with E-state index in [-0.39, 0.29) is 0 Å². The predicted molar refractivity (Wildman–Crippen MR) is 115 cm³/mol. The van der Waals surface area contributed by atoms with Crippen molar-refractivity contribution < 1.29 is 0 Å². The van der Waals surface area contributed by atoms with Crippen molar-refractivity contribution in [1.82, 2.24) is 14.7 Å². The molecule has 3 aliphatic heterocycles. The lowest BCUT2D eigenvalue weighted by Gasteiger charge is -2.55. The average molecular weight is 376 g/mol. The van der Waals surface area contributed by atoms with Gasteiger partial charge in [-0.2, -0.15) is 0 Å². The highest BCUT2D eigenvalue weighted by Crippen LogP contribution is 2.55. The molecule has 0 spiro atoms. The van der Waals surface area contributed by atoms with Gasteiger partial charge in [-0.05, 0) is 113 Å². The first-order chi connectivity index (χ1) is 12.9. The third-order valence-corrected chi connectivity index (χ3v) is 7.97. The first-order valence-corrected chi connectivity index (χ1v) is 12.0. The van der Waals surface area contributed by atoms with Crippen LogP contribution in [0.15, 0.2) is 0 Å². The zero-order valence-electron chi connectivity index (χ0n) is 18.6. The molecule has 3 heteroatoms. The molecule has 4 rings (SSSR count). The minimum absolute atomic E-state index is 0.492. The quantitative estimate of drug-likeness (QED) is 0.678. The second kappa shape index (κ2) is 7.95. The maximum absolute atomic E-state index is 2.79. The molecule has 3 saturated heterocycles. The lowest BCUT2D eigenvalue weighted by Crippen LogP contribution is -2.53. The molecule has 27 heavy (non-hydrogen) atoms. The number of rotatable bonds is 6. The Hall–Kier alpha value is -0.120. The van der Waals surface area contributed by atoms with E-state index in [0.29, 0.717) is 16.2 Å². The fourth-order valence-corrected chi connectivity index (χ4v) is 8.06. The van der Waals surface area contributed by atoms with Crippen molar-refractivity contribution >= 4 is 0 Å². The molecule has 0 N–H and O–H groups in total. The van der Waals surface area contributed by atoms with Crippen molar-refractivity contribution in [2.75, 3.05) is 58.9 Å². The molecule has 0 aromatic carbocycles. The van der Waals surface area contributed by atoms with Crippen LogP contribution in [0.3, 0.4) is 0 Å². The second-order valence-electron chi connectivity index (χ2n) is 11.9. The molecule has 0 radical (unpaired) electrons. The first-order valence-electron chi connectivity index (χ1n) is 12.0. The minimum atomic E-state index is 0.492. The van der Waals surface area contributed by atoms with Gasteiger partial charge in [-0.15, -0.1) is 0 Å². The molecule has 0 aromatic heterocycles. The maximum Gasteiger partial charge on any atom is 0.00357 e. The number of likely N-dealkylation sites (tertiary alicyclic amines) is 3. The summed E-state index contributed by atoms with van der Waals surface area (Å²) in [4.78, 5) is 8.37. The summed E-state index contributed by atoms with van der Waals surface area (Å²) in [6.45, 7) is 20.1. The third-order valence-electron chi connectivity index (χ3n) is 7.97. The zero-order chi connectivity index (χ0) is 19.0. The Morgan fingerprint density at radius 1 is 0.444 bits per heavy atom. The van der Waals surface area contributed by atoms with Gasteiger partial charge >= 0.3 is 0 Å². The van der Waals surface area contributed by atoms with Crippen LogP contribution in [0.25, 0.3) is 0 Å². The van der Waals surface area contributed by atoms with Crippen LogP contribution >= 0.6 is 0 Å². The largest absolute Gasteiger partial charge is 0.303 e. The molecule has 156 valence electrons. The van der Waals surface area contributed by atoms with E-state index < -0.39 is 0 Å². The van der Waals surface area contributed by atoms with Crippen LogP contribution in [0.4, 0.5) is 0 Å². The minimum Gasteiger partial charge on any atom is -0.303 e. The third kappa shape index (κ3) is 5.08. The standard InChI is InChI=1S/C24H45N3/c1-22(19-25-10-4-5-11-25)16-23(2,20-26-12-6-7-13-26)18-24(3,17-22)21-27-14-8-9-15-27/h4-21H2,1-3H3. The van der Waals surface area contributed by atoms with E-state index in [0.717, 1.165) is 0 Å². The van der Waals surface area contributed by atoms with Gasteiger partial charge in [0.1, 0.15) is 0 Å². The summed E-state index contributed by atoms with van der Waals surface area (Å²) in [5.74, 6) is 0. The summed E-state index contributed by atoms with van der Waals surface area (Å²) in [5, 5.41) is 0. The van der Waals surface area contributed by atoms with Crippen molar-refractivity contribution in [3.8, 4) is 0 Å². The molecule has 1 aliphatic carbocycles. The van der Waals surface area contributed by atoms with E-state index in [4.69, 9.17) is 0 Å². The average Bonchev–Trinajstić information content (AvgIpc) is 3.28. The summed E-state index contributed by atoms with van der Waals surface area (Å²) < 4.78 is 0. The van der Waals surface area contributed by atoms with E-state index in [9.17, 15) is 0 Å². The maximum atomic E-state index is 2.79. The van der Waals surface area contributed by atoms with Crippen molar-refractivity contribution in [3.05, 3.63) is 0 Å². The Balaban J connectivity index is 1.51. The molecule has 0 unspecified atom stereocenters. The van der Waals surface area contributed by atoms with Crippen LogP contribution in [-0.2, 0) is 0 Å². The first kappa shape index (κ1) is 20.2. The van der Waals surface area contributed by atoms with Crippen LogP contribution in [0, 0.1) is 16.2 Å². The van der Waals surface area contributed by atoms with Gasteiger partial charge in [0, 0.05) is 19.6 Å². The van der Waals surface area contributed by atoms with Gasteiger partial charge in [-0.1, -0.05) is 20.8 Å². The summed E-state index contributed by atoms with van der Waals surface area (Å²) in [6.07, 6.45) is 12.8. The van der Waals surface area contributed by atoms with Gasteiger partial charge in [0.25, 0.3) is 0 Å². The fourth-order valence-electron chi connectivity index (χ4n) is 8.06. The molecule has 3 heterocycles. The van der Waals surface area contributed by atoms with Gasteiger partial charge in [-0.3, -0.25) is 0 Å². The predicted octanol–water partition coefficient (Wildman–Crippen LogP) is 4.48. The Kier molecular flexibility index (Phi) is 5.94. The van der Waals surface area contributed by atoms with Gasteiger partial charge in [0.05, 0.1) is 0 Å². The Labute approximate surface area is 168 Å². The Morgan fingerprint density at radius 2 is 0.667 bits per heavy atom. The SMILES string of the molecule is CC1(CN2CCCC2)CC(C)(CN2CCCC2)CC(C)(CN2CCCC2)C1. The summed E-state index contributed by atoms with van der Waals surface area (Å²) in [5.41, 5.74) is 1.47. The van der Waals surface area contributed by atoms with Gasteiger partial charge < -0.3 is 14.7 Å². The zero-order valence-corrected chi connectivity index (χ0v) is 18.6. The summed E-state index contributed by atoms with van der Waals surface area (Å²) >= 11 is 0. The van der Waals surface area contributed by atoms with E-state index in [2.05, 4.69) is 35.5 Å². The highest BCUT2D eigenvalue weighted by atomic mass is 15.2. The molecule has 4 aliphatic rings. The highest BCUT2D eigenvalue weighted by molar-refractivity contribution is 5.02. The normalized spacial score (nSPS) is 42.3. The van der Waals surface area contributed by atoms with E-state index in [1.165, 1.54) is 117 Å². The van der Waals surface area contributed by atoms with E-state index in [1.54, 1.807) is 0 Å². The number of hydrogen-bond acceptors (Lipinski definition) is 3. The molecular formula is C24H45N3. The molecule has 0 aromatic rings. The van der Waals surface area contributed by atoms with Crippen LogP contribution < -0.4 is 0 Å². The molecule has 0 amide bonds. The van der Waals surface area contributed by atoms with Crippen LogP contribution in [0.2, 0.25) is 0 Å². The molecular weight excluding hydrogens is 330 g/mol. The van der Waals surface area contributed by atoms with Crippen molar-refractivity contribution in [3.63, 3.8) is 0 Å². The fraction of sp³-hybridized carbons (Fsp3) is 1.00. The topological polar surface area (TPSA) is 9.72 Å². The van der Waals surface area contributed by atoms with E-state index >= 15 is 0 Å². The Morgan fingerprint density at radius 3 is 0.889 bits per heavy atom. The summed E-state index contributed by atoms with van der Waals surface area (Å²) in [6, 6.07) is 0. The Bertz CT molecular complexity index is 407. The van der Waals surface area contributed by atoms with Crippen LogP contribution in [-0.4, -0.2) is 73.6 Å². The van der Waals surface area contributed by atoms with Gasteiger partial charge in [0.2, 0.25) is 0 Å². The highest BCUT2D eigenvalue weighted by Gasteiger charge is 2.50. The smallest absolute Gasteiger partial charge is 0.00357 e. The molecule has 4 fully saturated rings. The monoisotopic (exact) mass is 375 g/mol. The summed E-state index contributed by atoms with van der Waals surface area (Å²) in [7, 11) is 0. The van der Waals surface area contributed by atoms with Crippen molar-refractivity contribution in [2.24, 2.45) is 16.2 Å². The molecule has 0 atom stereocenters. The van der Waals surface area contributed by atoms with Gasteiger partial charge in [-0.25, -0.2) is 0 Å². The lowest BCUT2D eigenvalue weighted by molar-refractivity contribution is -0.0501. The number of nitrogens with zero attached hydrogens (tertiary/aromatic N) is 3. The lowest BCUT2D eigenvalue weighted by atomic mass is 9.54. The molecule has 1 saturated carbocycles. The van der Waals surface area contributed by atoms with Crippen molar-refractivity contribution in [1.29, 1.82) is 0 Å².